The van der Waals surface area contributed by atoms with Crippen molar-refractivity contribution >= 4 is 0 Å². The minimum atomic E-state index is -0.918. The molecule has 0 fully saturated rings. The summed E-state index contributed by atoms with van der Waals surface area (Å²) in [6.45, 7) is 10.7. The van der Waals surface area contributed by atoms with Gasteiger partial charge in [-0.25, -0.2) is 0 Å². The van der Waals surface area contributed by atoms with Crippen LogP contribution in [0.1, 0.15) is 56.9 Å². The molecule has 0 aliphatic heterocycles. The molecule has 4 rings (SSSR count). The average Bonchev–Trinajstić information content (AvgIpc) is 3.18. The van der Waals surface area contributed by atoms with Gasteiger partial charge in [0.25, 0.3) is 0 Å². The molecule has 0 aliphatic rings. The minimum Gasteiger partial charge on any atom is -0.497 e. The zero-order valence-electron chi connectivity index (χ0n) is 31.7. The van der Waals surface area contributed by atoms with Gasteiger partial charge >= 0.3 is 0 Å². The van der Waals surface area contributed by atoms with Crippen LogP contribution in [0.15, 0.2) is 97.1 Å². The Bertz CT molecular complexity index is 1620. The fourth-order valence-electron chi connectivity index (χ4n) is 5.66. The van der Waals surface area contributed by atoms with Crippen molar-refractivity contribution in [1.82, 2.24) is 0 Å². The van der Waals surface area contributed by atoms with Crippen LogP contribution in [0, 0.1) is 0 Å². The van der Waals surface area contributed by atoms with E-state index in [1.54, 1.807) is 14.0 Å². The van der Waals surface area contributed by atoms with E-state index in [4.69, 9.17) is 33.5 Å². The highest BCUT2D eigenvalue weighted by Gasteiger charge is 2.24. The summed E-state index contributed by atoms with van der Waals surface area (Å²) in [6.07, 6.45) is -2.84. The van der Waals surface area contributed by atoms with Crippen LogP contribution in [0.2, 0.25) is 0 Å². The molecule has 4 atom stereocenters. The molecule has 4 unspecified atom stereocenters. The van der Waals surface area contributed by atoms with E-state index in [0.717, 1.165) is 22.4 Å². The molecule has 0 radical (unpaired) electrons. The van der Waals surface area contributed by atoms with Gasteiger partial charge in [-0.15, -0.1) is 0 Å². The van der Waals surface area contributed by atoms with Crippen LogP contribution in [-0.4, -0.2) is 98.2 Å². The topological polar surface area (TPSA) is 136 Å². The molecule has 0 amide bonds. The molecule has 4 aromatic rings. The van der Waals surface area contributed by atoms with Crippen molar-refractivity contribution in [2.45, 2.75) is 69.9 Å². The molecule has 4 aromatic carbocycles. The van der Waals surface area contributed by atoms with Crippen LogP contribution in [0.3, 0.4) is 0 Å². The summed E-state index contributed by atoms with van der Waals surface area (Å²) in [5, 5.41) is 39.0. The highest BCUT2D eigenvalue weighted by molar-refractivity contribution is 5.43. The Morgan fingerprint density at radius 3 is 1.15 bits per heavy atom. The maximum absolute atomic E-state index is 10.6. The van der Waals surface area contributed by atoms with Crippen LogP contribution in [0.4, 0.5) is 0 Å². The van der Waals surface area contributed by atoms with Gasteiger partial charge in [-0.05, 0) is 77.7 Å². The highest BCUT2D eigenvalue weighted by atomic mass is 16.5. The van der Waals surface area contributed by atoms with Gasteiger partial charge in [0.1, 0.15) is 61.1 Å². The molecule has 10 nitrogen and oxygen atoms in total. The molecule has 0 saturated carbocycles. The number of hydrogen-bond donors (Lipinski definition) is 4. The third-order valence-corrected chi connectivity index (χ3v) is 9.31. The molecule has 10 heteroatoms. The van der Waals surface area contributed by atoms with E-state index in [-0.39, 0.29) is 63.2 Å². The molecule has 4 N–H and O–H groups in total. The van der Waals surface area contributed by atoms with Gasteiger partial charge in [-0.2, -0.15) is 0 Å². The van der Waals surface area contributed by atoms with Crippen molar-refractivity contribution in [2.75, 3.05) is 53.4 Å². The zero-order valence-corrected chi connectivity index (χ0v) is 31.7. The smallest absolute Gasteiger partial charge is 0.122 e. The quantitative estimate of drug-likeness (QED) is 0.0800. The molecule has 0 heterocycles. The predicted octanol–water partition coefficient (Wildman–Crippen LogP) is 5.68. The largest absolute Gasteiger partial charge is 0.497 e. The third kappa shape index (κ3) is 12.5. The van der Waals surface area contributed by atoms with Crippen molar-refractivity contribution < 1.29 is 48.8 Å². The van der Waals surface area contributed by atoms with Crippen molar-refractivity contribution in [1.29, 1.82) is 0 Å². The number of aliphatic hydroxyl groups is 4. The zero-order chi connectivity index (χ0) is 38.4. The average molecular weight is 733 g/mol. The maximum Gasteiger partial charge on any atom is 0.122 e. The highest BCUT2D eigenvalue weighted by Crippen LogP contribution is 2.35. The van der Waals surface area contributed by atoms with E-state index in [2.05, 4.69) is 52.0 Å². The summed E-state index contributed by atoms with van der Waals surface area (Å²) in [7, 11) is 1.66. The summed E-state index contributed by atoms with van der Waals surface area (Å²) in [5.41, 5.74) is 4.02. The van der Waals surface area contributed by atoms with Crippen molar-refractivity contribution in [3.8, 4) is 23.0 Å². The Morgan fingerprint density at radius 1 is 0.472 bits per heavy atom. The monoisotopic (exact) mass is 732 g/mol. The standard InChI is InChI=1S/C43H56O10/c1-30(24-49-25-35(45)23-44)50-26-36(46)27-51-39-17-11-33(12-18-39)43(4,5)34-13-21-41(22-14-34)53-29-37(47)28-52-40-19-9-32(10-20-40)42(2,3)31-7-15-38(48-6)16-8-31/h7-22,30,35-37,44-47H,23-29H2,1-6H3. The van der Waals surface area contributed by atoms with E-state index in [9.17, 15) is 15.3 Å². The fourth-order valence-corrected chi connectivity index (χ4v) is 5.66. The van der Waals surface area contributed by atoms with Crippen molar-refractivity contribution in [3.05, 3.63) is 119 Å². The maximum atomic E-state index is 10.6. The number of ether oxygens (including phenoxy) is 6. The second-order valence-corrected chi connectivity index (χ2v) is 14.3. The van der Waals surface area contributed by atoms with Crippen LogP contribution >= 0.6 is 0 Å². The number of benzene rings is 4. The molecule has 0 bridgehead atoms. The minimum absolute atomic E-state index is 0.0221. The molecular formula is C43H56O10. The Hall–Kier alpha value is -4.16. The normalized spacial score (nSPS) is 14.2. The van der Waals surface area contributed by atoms with E-state index < -0.39 is 18.3 Å². The lowest BCUT2D eigenvalue weighted by atomic mass is 9.78. The number of rotatable bonds is 22. The van der Waals surface area contributed by atoms with E-state index in [0.29, 0.717) is 17.2 Å². The second kappa shape index (κ2) is 19.8. The Balaban J connectivity index is 1.18. The van der Waals surface area contributed by atoms with Gasteiger partial charge in [-0.1, -0.05) is 76.2 Å². The summed E-state index contributed by atoms with van der Waals surface area (Å²) < 4.78 is 33.7. The predicted molar refractivity (Wildman–Crippen MR) is 204 cm³/mol. The first-order valence-electron chi connectivity index (χ1n) is 18.0. The third-order valence-electron chi connectivity index (χ3n) is 9.31. The van der Waals surface area contributed by atoms with Gasteiger partial charge in [0.05, 0.1) is 39.6 Å². The van der Waals surface area contributed by atoms with E-state index in [1.165, 1.54) is 5.56 Å². The Labute approximate surface area is 313 Å². The number of hydrogen-bond acceptors (Lipinski definition) is 10. The number of aliphatic hydroxyl groups excluding tert-OH is 4. The first-order chi connectivity index (χ1) is 25.3. The van der Waals surface area contributed by atoms with E-state index >= 15 is 0 Å². The first-order valence-corrected chi connectivity index (χ1v) is 18.0. The second-order valence-electron chi connectivity index (χ2n) is 14.3. The van der Waals surface area contributed by atoms with Gasteiger partial charge in [0.15, 0.2) is 0 Å². The van der Waals surface area contributed by atoms with Crippen molar-refractivity contribution in [3.63, 3.8) is 0 Å². The summed E-state index contributed by atoms with van der Waals surface area (Å²) in [6, 6.07) is 31.7. The molecule has 288 valence electrons. The molecule has 0 spiro atoms. The van der Waals surface area contributed by atoms with Gasteiger partial charge in [0, 0.05) is 10.8 Å². The summed E-state index contributed by atoms with van der Waals surface area (Å²) in [5.74, 6) is 2.80. The lowest BCUT2D eigenvalue weighted by Crippen LogP contribution is -2.29. The lowest BCUT2D eigenvalue weighted by molar-refractivity contribution is -0.0654. The van der Waals surface area contributed by atoms with Crippen molar-refractivity contribution in [2.24, 2.45) is 0 Å². The van der Waals surface area contributed by atoms with Crippen LogP contribution in [-0.2, 0) is 20.3 Å². The SMILES string of the molecule is COc1ccc(C(C)(C)c2ccc(OCC(O)COc3ccc(C(C)(C)c4ccc(OCC(O)COC(C)COCC(O)CO)cc4)cc3)cc2)cc1. The molecular weight excluding hydrogens is 676 g/mol. The van der Waals surface area contributed by atoms with E-state index in [1.807, 2.05) is 72.8 Å². The molecule has 53 heavy (non-hydrogen) atoms. The van der Waals surface area contributed by atoms with Gasteiger partial charge in [0.2, 0.25) is 0 Å². The fraction of sp³-hybridized carbons (Fsp3) is 0.442. The molecule has 0 aromatic heterocycles. The first kappa shape index (κ1) is 41.6. The van der Waals surface area contributed by atoms with Crippen LogP contribution < -0.4 is 18.9 Å². The molecule has 0 saturated heterocycles. The lowest BCUT2D eigenvalue weighted by Gasteiger charge is -2.27. The molecule has 0 aliphatic carbocycles. The Kier molecular flexibility index (Phi) is 15.5. The summed E-state index contributed by atoms with van der Waals surface area (Å²) in [4.78, 5) is 0. The van der Waals surface area contributed by atoms with Crippen LogP contribution in [0.5, 0.6) is 23.0 Å². The van der Waals surface area contributed by atoms with Gasteiger partial charge in [-0.3, -0.25) is 0 Å². The summed E-state index contributed by atoms with van der Waals surface area (Å²) >= 11 is 0. The van der Waals surface area contributed by atoms with Crippen LogP contribution in [0.25, 0.3) is 0 Å². The Morgan fingerprint density at radius 2 is 0.811 bits per heavy atom. The number of methoxy groups -OCH3 is 1. The van der Waals surface area contributed by atoms with Gasteiger partial charge < -0.3 is 48.8 Å².